The Morgan fingerprint density at radius 1 is 1.18 bits per heavy atom. The van der Waals surface area contributed by atoms with Gasteiger partial charge in [-0.15, -0.1) is 11.6 Å². The fraction of sp³-hybridized carbons (Fsp3) is 0.793. The van der Waals surface area contributed by atoms with E-state index in [2.05, 4.69) is 68.4 Å². The second kappa shape index (κ2) is 11.3. The molecule has 7 atom stereocenters. The quantitative estimate of drug-likeness (QED) is 0.264. The summed E-state index contributed by atoms with van der Waals surface area (Å²) in [5, 5.41) is 3.83. The number of amides is 1. The van der Waals surface area contributed by atoms with E-state index in [0.717, 1.165) is 45.3 Å². The molecule has 34 heavy (non-hydrogen) atoms. The van der Waals surface area contributed by atoms with Crippen LogP contribution in [0.3, 0.4) is 0 Å². The van der Waals surface area contributed by atoms with Crippen LogP contribution in [-0.2, 0) is 4.79 Å². The summed E-state index contributed by atoms with van der Waals surface area (Å²) < 4.78 is 0. The van der Waals surface area contributed by atoms with Gasteiger partial charge in [-0.05, 0) is 74.7 Å². The molecular weight excluding hydrogens is 442 g/mol. The minimum absolute atomic E-state index is 0.0986. The summed E-state index contributed by atoms with van der Waals surface area (Å²) in [5.74, 6) is 2.97. The fourth-order valence-electron chi connectivity index (χ4n) is 6.93. The molecule has 1 N–H and O–H groups in total. The Morgan fingerprint density at radius 2 is 2.00 bits per heavy atom. The molecule has 4 nitrogen and oxygen atoms in total. The van der Waals surface area contributed by atoms with Crippen molar-refractivity contribution in [1.29, 1.82) is 0 Å². The molecule has 0 aromatic rings. The molecule has 0 radical (unpaired) electrons. The predicted molar refractivity (Wildman–Crippen MR) is 143 cm³/mol. The van der Waals surface area contributed by atoms with E-state index in [4.69, 9.17) is 16.6 Å². The molecule has 1 amide bonds. The van der Waals surface area contributed by atoms with Crippen LogP contribution in [0.15, 0.2) is 29.3 Å². The molecule has 0 aromatic heterocycles. The summed E-state index contributed by atoms with van der Waals surface area (Å²) in [4.78, 5) is 20.5. The molecular formula is C29H46ClN3O. The summed E-state index contributed by atoms with van der Waals surface area (Å²) in [6.45, 7) is 11.7. The lowest BCUT2D eigenvalue weighted by atomic mass is 9.65. The molecule has 2 heterocycles. The highest BCUT2D eigenvalue weighted by molar-refractivity contribution is 6.21. The molecule has 4 rings (SSSR count). The van der Waals surface area contributed by atoms with Crippen molar-refractivity contribution in [2.45, 2.75) is 90.1 Å². The number of rotatable bonds is 8. The highest BCUT2D eigenvalue weighted by atomic mass is 35.5. The smallest absolute Gasteiger partial charge is 0.239 e. The molecule has 6 unspecified atom stereocenters. The average molecular weight is 488 g/mol. The van der Waals surface area contributed by atoms with Gasteiger partial charge in [-0.1, -0.05) is 52.0 Å². The topological polar surface area (TPSA) is 44.7 Å². The minimum atomic E-state index is -0.0986. The number of allylic oxidation sites excluding steroid dienone is 3. The number of carbonyl (C=O) groups excluding carboxylic acids is 1. The van der Waals surface area contributed by atoms with Crippen molar-refractivity contribution < 1.29 is 4.79 Å². The first kappa shape index (κ1) is 25.9. The maximum atomic E-state index is 13.6. The van der Waals surface area contributed by atoms with Gasteiger partial charge >= 0.3 is 0 Å². The van der Waals surface area contributed by atoms with E-state index in [1.54, 1.807) is 0 Å². The third kappa shape index (κ3) is 5.98. The molecule has 0 aromatic carbocycles. The van der Waals surface area contributed by atoms with Crippen LogP contribution in [0.2, 0.25) is 0 Å². The predicted octanol–water partition coefficient (Wildman–Crippen LogP) is 5.86. The summed E-state index contributed by atoms with van der Waals surface area (Å²) in [7, 11) is 0. The zero-order valence-corrected chi connectivity index (χ0v) is 22.5. The van der Waals surface area contributed by atoms with Gasteiger partial charge < -0.3 is 10.2 Å². The normalized spacial score (nSPS) is 35.5. The lowest BCUT2D eigenvalue weighted by molar-refractivity contribution is -0.139. The average Bonchev–Trinajstić information content (AvgIpc) is 3.22. The molecule has 0 saturated carbocycles. The number of nitrogens with zero attached hydrogens (tertiary/aromatic N) is 2. The van der Waals surface area contributed by atoms with Gasteiger partial charge in [0.15, 0.2) is 0 Å². The number of carbonyl (C=O) groups is 1. The highest BCUT2D eigenvalue weighted by Gasteiger charge is 2.42. The van der Waals surface area contributed by atoms with Crippen LogP contribution in [0.25, 0.3) is 0 Å². The number of aliphatic imine (C=N–C) groups is 1. The van der Waals surface area contributed by atoms with E-state index >= 15 is 0 Å². The van der Waals surface area contributed by atoms with E-state index in [1.165, 1.54) is 19.3 Å². The van der Waals surface area contributed by atoms with Crippen LogP contribution in [0.5, 0.6) is 0 Å². The Balaban J connectivity index is 1.27. The van der Waals surface area contributed by atoms with E-state index < -0.39 is 0 Å². The van der Waals surface area contributed by atoms with E-state index in [9.17, 15) is 4.79 Å². The number of halogens is 1. The first-order valence-electron chi connectivity index (χ1n) is 13.8. The Hall–Kier alpha value is -1.13. The van der Waals surface area contributed by atoms with Crippen LogP contribution in [0.4, 0.5) is 0 Å². The Labute approximate surface area is 212 Å². The molecule has 2 aliphatic heterocycles. The third-order valence-electron chi connectivity index (χ3n) is 8.89. The lowest BCUT2D eigenvalue weighted by Crippen LogP contribution is -2.56. The molecule has 0 spiro atoms. The molecule has 190 valence electrons. The van der Waals surface area contributed by atoms with Crippen molar-refractivity contribution in [3.8, 4) is 0 Å². The molecule has 4 aliphatic rings. The van der Waals surface area contributed by atoms with E-state index in [0.29, 0.717) is 35.6 Å². The van der Waals surface area contributed by atoms with Crippen molar-refractivity contribution in [2.24, 2.45) is 40.0 Å². The molecule has 1 fully saturated rings. The first-order valence-corrected chi connectivity index (χ1v) is 14.2. The highest BCUT2D eigenvalue weighted by Crippen LogP contribution is 2.43. The number of alkyl halides is 1. The van der Waals surface area contributed by atoms with E-state index in [1.807, 2.05) is 0 Å². The number of likely N-dealkylation sites (tertiary alicyclic amines) is 1. The summed E-state index contributed by atoms with van der Waals surface area (Å²) in [5.41, 5.74) is 0.120. The van der Waals surface area contributed by atoms with Crippen molar-refractivity contribution in [3.63, 3.8) is 0 Å². The number of hydrogen-bond acceptors (Lipinski definition) is 3. The molecule has 0 bridgehead atoms. The van der Waals surface area contributed by atoms with Gasteiger partial charge in [-0.25, -0.2) is 0 Å². The van der Waals surface area contributed by atoms with E-state index in [-0.39, 0.29) is 22.8 Å². The van der Waals surface area contributed by atoms with Gasteiger partial charge in [0.1, 0.15) is 0 Å². The van der Waals surface area contributed by atoms with Gasteiger partial charge in [0, 0.05) is 31.1 Å². The van der Waals surface area contributed by atoms with Crippen molar-refractivity contribution in [3.05, 3.63) is 24.3 Å². The third-order valence-corrected chi connectivity index (χ3v) is 9.25. The zero-order valence-electron chi connectivity index (χ0n) is 21.8. The van der Waals surface area contributed by atoms with Crippen molar-refractivity contribution in [2.75, 3.05) is 19.6 Å². The van der Waals surface area contributed by atoms with Crippen LogP contribution >= 0.6 is 11.6 Å². The van der Waals surface area contributed by atoms with Crippen LogP contribution in [0, 0.1) is 35.0 Å². The lowest BCUT2D eigenvalue weighted by Gasteiger charge is -2.48. The second-order valence-electron chi connectivity index (χ2n) is 12.2. The number of nitrogens with one attached hydrogen (secondary N) is 1. The molecule has 1 saturated heterocycles. The van der Waals surface area contributed by atoms with Crippen LogP contribution in [0.1, 0.15) is 72.6 Å². The Bertz CT molecular complexity index is 788. The maximum Gasteiger partial charge on any atom is 0.239 e. The summed E-state index contributed by atoms with van der Waals surface area (Å²) in [6.07, 6.45) is 19.4. The SMILES string of the molecule is CC(C)[C@@H](NCCCC1C=NC2CCC=CC12)C(=O)N1CCC(C2C=CC(Cl)CC2)C(C)(C)C1. The van der Waals surface area contributed by atoms with Gasteiger partial charge in [-0.3, -0.25) is 9.79 Å². The van der Waals surface area contributed by atoms with Gasteiger partial charge in [0.25, 0.3) is 0 Å². The van der Waals surface area contributed by atoms with Gasteiger partial charge in [-0.2, -0.15) is 0 Å². The second-order valence-corrected chi connectivity index (χ2v) is 12.8. The standard InChI is InChI=1S/C29H46ClN3O/c1-20(2)27(31-16-7-8-22-18-32-26-10-6-5-9-24(22)26)28(34)33-17-15-25(29(3,4)19-33)21-11-13-23(30)14-12-21/h5,9,11,13,18,20-27,31H,6-8,10,12,14-17,19H2,1-4H3/t21?,22?,23?,24?,25?,26?,27-/m1/s1. The zero-order chi connectivity index (χ0) is 24.3. The van der Waals surface area contributed by atoms with Crippen molar-refractivity contribution in [1.82, 2.24) is 10.2 Å². The minimum Gasteiger partial charge on any atom is -0.341 e. The van der Waals surface area contributed by atoms with Gasteiger partial charge in [0.05, 0.1) is 17.5 Å². The van der Waals surface area contributed by atoms with Crippen LogP contribution in [-0.4, -0.2) is 54.1 Å². The van der Waals surface area contributed by atoms with Crippen molar-refractivity contribution >= 4 is 23.7 Å². The molecule has 2 aliphatic carbocycles. The maximum absolute atomic E-state index is 13.6. The Morgan fingerprint density at radius 3 is 2.71 bits per heavy atom. The molecule has 5 heteroatoms. The number of hydrogen-bond donors (Lipinski definition) is 1. The Kier molecular flexibility index (Phi) is 8.61. The number of fused-ring (bicyclic) bond motifs is 1. The van der Waals surface area contributed by atoms with Crippen LogP contribution < -0.4 is 5.32 Å². The van der Waals surface area contributed by atoms with Gasteiger partial charge in [0.2, 0.25) is 5.91 Å². The summed E-state index contributed by atoms with van der Waals surface area (Å²) in [6, 6.07) is 0.415. The fourth-order valence-corrected chi connectivity index (χ4v) is 7.14. The number of piperidine rings is 1. The first-order chi connectivity index (χ1) is 16.3. The monoisotopic (exact) mass is 487 g/mol. The summed E-state index contributed by atoms with van der Waals surface area (Å²) >= 11 is 6.28. The largest absolute Gasteiger partial charge is 0.341 e.